The van der Waals surface area contributed by atoms with E-state index in [4.69, 9.17) is 10.8 Å². The van der Waals surface area contributed by atoms with E-state index in [1.165, 1.54) is 13.8 Å². The van der Waals surface area contributed by atoms with Gasteiger partial charge < -0.3 is 10.2 Å². The maximum atomic E-state index is 12.2. The number of fused-ring (bicyclic) bond motifs is 2. The Kier molecular flexibility index (Phi) is 6.62. The highest BCUT2D eigenvalue weighted by molar-refractivity contribution is 5.89. The van der Waals surface area contributed by atoms with Crippen molar-refractivity contribution in [3.05, 3.63) is 11.4 Å². The van der Waals surface area contributed by atoms with Crippen molar-refractivity contribution in [1.82, 2.24) is 19.1 Å². The summed E-state index contributed by atoms with van der Waals surface area (Å²) in [7, 11) is 0. The number of Topliss-reactive ketones (excluding diaryl/α,β-unsaturated/α-hetero) is 2. The molecular formula is C21H26N10O4. The molecule has 2 aromatic heterocycles. The molecule has 2 aliphatic rings. The van der Waals surface area contributed by atoms with Crippen molar-refractivity contribution in [3.8, 4) is 11.8 Å². The van der Waals surface area contributed by atoms with Gasteiger partial charge >= 0.3 is 0 Å². The number of ketones is 2. The summed E-state index contributed by atoms with van der Waals surface area (Å²) in [5.41, 5.74) is 0.444. The highest BCUT2D eigenvalue weighted by Crippen LogP contribution is 2.37. The molecule has 2 aliphatic heterocycles. The minimum atomic E-state index is -0.583. The van der Waals surface area contributed by atoms with Crippen LogP contribution in [0, 0.1) is 10.8 Å². The van der Waals surface area contributed by atoms with Gasteiger partial charge in [0, 0.05) is 0 Å². The van der Waals surface area contributed by atoms with E-state index in [1.807, 2.05) is 0 Å². The van der Waals surface area contributed by atoms with Crippen LogP contribution in [0.1, 0.15) is 82.0 Å². The van der Waals surface area contributed by atoms with E-state index >= 15 is 0 Å². The van der Waals surface area contributed by atoms with E-state index < -0.39 is 11.8 Å². The first-order chi connectivity index (χ1) is 16.7. The lowest BCUT2D eigenvalue weighted by atomic mass is 9.92. The molecule has 2 aromatic rings. The summed E-state index contributed by atoms with van der Waals surface area (Å²) < 4.78 is 2.21. The Labute approximate surface area is 199 Å². The van der Waals surface area contributed by atoms with E-state index in [0.717, 1.165) is 41.2 Å². The van der Waals surface area contributed by atoms with Crippen LogP contribution in [0.15, 0.2) is 20.5 Å². The van der Waals surface area contributed by atoms with Gasteiger partial charge in [-0.2, -0.15) is 0 Å². The molecular weight excluding hydrogens is 456 g/mol. The minimum absolute atomic E-state index is 0.0997. The van der Waals surface area contributed by atoms with Gasteiger partial charge in [-0.05, 0) is 26.7 Å². The lowest BCUT2D eigenvalue weighted by Gasteiger charge is -2.13. The molecule has 14 heteroatoms. The third-order valence-electron chi connectivity index (χ3n) is 6.24. The number of carbonyl (C=O) groups excluding carboxylic acids is 2. The third kappa shape index (κ3) is 4.50. The number of hydrogen-bond acceptors (Lipinski definition) is 10. The fourth-order valence-corrected chi connectivity index (χ4v) is 4.39. The van der Waals surface area contributed by atoms with Gasteiger partial charge in [0.15, 0.2) is 0 Å². The Balaban J connectivity index is 1.26. The number of aromatic nitrogens is 4. The molecule has 14 nitrogen and oxygen atoms in total. The van der Waals surface area contributed by atoms with Crippen molar-refractivity contribution in [2.75, 3.05) is 0 Å². The maximum Gasteiger partial charge on any atom is 0.259 e. The zero-order valence-corrected chi connectivity index (χ0v) is 19.4. The second-order valence-electron chi connectivity index (χ2n) is 8.63. The lowest BCUT2D eigenvalue weighted by Crippen LogP contribution is -2.11. The Hall–Kier alpha value is -4.10. The lowest BCUT2D eigenvalue weighted by molar-refractivity contribution is -0.119. The Bertz CT molecular complexity index is 1180. The second-order valence-corrected chi connectivity index (χ2v) is 8.63. The Morgan fingerprint density at radius 2 is 1.09 bits per heavy atom. The van der Waals surface area contributed by atoms with Gasteiger partial charge in [-0.3, -0.25) is 20.4 Å². The van der Waals surface area contributed by atoms with Crippen molar-refractivity contribution in [2.45, 2.75) is 70.6 Å². The molecule has 0 saturated carbocycles. The molecule has 4 rings (SSSR count). The largest absolute Gasteiger partial charge is 0.493 e. The quantitative estimate of drug-likeness (QED) is 0.328. The number of imidazole rings is 2. The smallest absolute Gasteiger partial charge is 0.259 e. The molecule has 2 atom stereocenters. The van der Waals surface area contributed by atoms with Gasteiger partial charge in [-0.15, -0.1) is 20.5 Å². The third-order valence-corrected chi connectivity index (χ3v) is 6.24. The normalized spacial score (nSPS) is 15.5. The van der Waals surface area contributed by atoms with Crippen LogP contribution in [0.3, 0.4) is 0 Å². The summed E-state index contributed by atoms with van der Waals surface area (Å²) in [6.07, 6.45) is 5.07. The highest BCUT2D eigenvalue weighted by atomic mass is 16.3. The zero-order chi connectivity index (χ0) is 25.3. The molecule has 0 aromatic carbocycles. The summed E-state index contributed by atoms with van der Waals surface area (Å²) in [5.74, 6) is -2.22. The van der Waals surface area contributed by atoms with Gasteiger partial charge in [0.2, 0.25) is 11.8 Å². The summed E-state index contributed by atoms with van der Waals surface area (Å²) in [4.78, 5) is 32.8. The highest BCUT2D eigenvalue weighted by Gasteiger charge is 2.31. The molecule has 0 spiro atoms. The Morgan fingerprint density at radius 3 is 1.43 bits per heavy atom. The molecule has 0 amide bonds. The summed E-state index contributed by atoms with van der Waals surface area (Å²) in [6, 6.07) is 0. The van der Waals surface area contributed by atoms with Gasteiger partial charge in [0.25, 0.3) is 23.8 Å². The van der Waals surface area contributed by atoms with Gasteiger partial charge in [-0.1, -0.05) is 32.1 Å². The van der Waals surface area contributed by atoms with Crippen LogP contribution in [-0.4, -0.2) is 52.8 Å². The van der Waals surface area contributed by atoms with Crippen molar-refractivity contribution in [1.29, 1.82) is 10.8 Å². The zero-order valence-electron chi connectivity index (χ0n) is 19.4. The molecule has 0 radical (unpaired) electrons. The Morgan fingerprint density at radius 1 is 0.714 bits per heavy atom. The topological polar surface area (TPSA) is 207 Å². The number of hydrogen-bond donors (Lipinski definition) is 4. The monoisotopic (exact) mass is 482 g/mol. The first kappa shape index (κ1) is 24.0. The second kappa shape index (κ2) is 9.64. The van der Waals surface area contributed by atoms with E-state index in [2.05, 4.69) is 30.4 Å². The van der Waals surface area contributed by atoms with Crippen LogP contribution >= 0.6 is 0 Å². The fraction of sp³-hybridized carbons (Fsp3) is 0.524. The van der Waals surface area contributed by atoms with Gasteiger partial charge in [0.1, 0.15) is 23.0 Å². The van der Waals surface area contributed by atoms with Crippen molar-refractivity contribution < 1.29 is 19.8 Å². The summed E-state index contributed by atoms with van der Waals surface area (Å²) >= 11 is 0. The average Bonchev–Trinajstić information content (AvgIpc) is 3.52. The van der Waals surface area contributed by atoms with Crippen LogP contribution < -0.4 is 0 Å². The number of nitrogens with one attached hydrogen (secondary N) is 2. The van der Waals surface area contributed by atoms with E-state index in [9.17, 15) is 19.8 Å². The molecule has 184 valence electrons. The number of aromatic hydroxyl groups is 2. The van der Waals surface area contributed by atoms with E-state index in [0.29, 0.717) is 12.8 Å². The van der Waals surface area contributed by atoms with Crippen LogP contribution in [-0.2, 0) is 9.59 Å². The van der Waals surface area contributed by atoms with Crippen LogP contribution in [0.5, 0.6) is 11.8 Å². The fourth-order valence-electron chi connectivity index (χ4n) is 4.39. The van der Waals surface area contributed by atoms with Crippen LogP contribution in [0.25, 0.3) is 0 Å². The number of rotatable bonds is 12. The van der Waals surface area contributed by atoms with Gasteiger partial charge in [-0.25, -0.2) is 19.1 Å². The molecule has 0 unspecified atom stereocenters. The van der Waals surface area contributed by atoms with Gasteiger partial charge in [0.05, 0.1) is 11.8 Å². The van der Waals surface area contributed by atoms with E-state index in [-0.39, 0.29) is 58.5 Å². The number of nitrogens with zero attached hydrogens (tertiary/aromatic N) is 8. The number of carbonyl (C=O) groups is 2. The van der Waals surface area contributed by atoms with E-state index in [1.54, 1.807) is 0 Å². The minimum Gasteiger partial charge on any atom is -0.493 e. The predicted molar refractivity (Wildman–Crippen MR) is 122 cm³/mol. The predicted octanol–water partition coefficient (Wildman–Crippen LogP) is 4.03. The maximum absolute atomic E-state index is 12.2. The number of unbranched alkanes of at least 4 members (excludes halogenated alkanes) is 4. The average molecular weight is 483 g/mol. The standard InChI is InChI=1S/C21H26N10O4/c1-10(32)12(14-16(34)30-18(22)26-28-20(30)24-14)8-6-4-3-5-7-9-13(11(2)33)15-17(35)31-19(23)27-29-21(31)25-15/h12-13,22-23,34-35H,3-9H2,1-2H3/t12-,13-/m1/s1. The summed E-state index contributed by atoms with van der Waals surface area (Å²) in [5, 5.41) is 50.7. The molecule has 0 fully saturated rings. The molecule has 0 aliphatic carbocycles. The first-order valence-corrected chi connectivity index (χ1v) is 11.4. The molecule has 0 saturated heterocycles. The molecule has 0 bridgehead atoms. The van der Waals surface area contributed by atoms with Crippen molar-refractivity contribution in [2.24, 2.45) is 20.5 Å². The van der Waals surface area contributed by atoms with Crippen LogP contribution in [0.4, 0.5) is 11.9 Å². The first-order valence-electron chi connectivity index (χ1n) is 11.4. The molecule has 4 heterocycles. The van der Waals surface area contributed by atoms with Crippen molar-refractivity contribution in [3.63, 3.8) is 0 Å². The SMILES string of the molecule is CC(=O)[C@@H](CCCCCCC[C@H](C(C)=O)c1nc2n(c1O)C(=N)N=N2)c1nc2n(c1O)C(=N)N=N2. The van der Waals surface area contributed by atoms with Crippen molar-refractivity contribution >= 4 is 35.4 Å². The summed E-state index contributed by atoms with van der Waals surface area (Å²) in [6.45, 7) is 2.90. The number of azo groups is 2. The molecule has 35 heavy (non-hydrogen) atoms. The molecule has 4 N–H and O–H groups in total. The van der Waals surface area contributed by atoms with Crippen LogP contribution in [0.2, 0.25) is 0 Å².